The zero-order chi connectivity index (χ0) is 17.3. The summed E-state index contributed by atoms with van der Waals surface area (Å²) in [6.45, 7) is 6.66. The zero-order valence-corrected chi connectivity index (χ0v) is 14.9. The van der Waals surface area contributed by atoms with Gasteiger partial charge in [0.25, 0.3) is 0 Å². The van der Waals surface area contributed by atoms with E-state index in [1.54, 1.807) is 11.8 Å². The highest BCUT2D eigenvalue weighted by Crippen LogP contribution is 2.30. The molecule has 0 atom stereocenters. The Kier molecular flexibility index (Phi) is 4.71. The van der Waals surface area contributed by atoms with E-state index in [2.05, 4.69) is 10.3 Å². The Hall–Kier alpha value is -2.15. The van der Waals surface area contributed by atoms with E-state index in [0.29, 0.717) is 31.1 Å². The molecule has 1 aliphatic rings. The smallest absolute Gasteiger partial charge is 0.229 e. The molecule has 3 heterocycles. The normalized spacial score (nSPS) is 15.5. The van der Waals surface area contributed by atoms with Crippen molar-refractivity contribution in [3.63, 3.8) is 0 Å². The summed E-state index contributed by atoms with van der Waals surface area (Å²) in [5.41, 5.74) is 1.77. The van der Waals surface area contributed by atoms with E-state index in [4.69, 9.17) is 4.42 Å². The highest BCUT2D eigenvalue weighted by molar-refractivity contribution is 7.14. The van der Waals surface area contributed by atoms with Gasteiger partial charge in [0, 0.05) is 36.9 Å². The number of hydrogen-bond acceptors (Lipinski definition) is 5. The van der Waals surface area contributed by atoms with Crippen LogP contribution in [0.5, 0.6) is 0 Å². The lowest BCUT2D eigenvalue weighted by molar-refractivity contribution is -0.132. The minimum absolute atomic E-state index is 0.0146. The lowest BCUT2D eigenvalue weighted by atomic mass is 9.96. The molecule has 1 saturated heterocycles. The molecule has 0 unspecified atom stereocenters. The van der Waals surface area contributed by atoms with Gasteiger partial charge in [-0.05, 0) is 32.8 Å². The quantitative estimate of drug-likeness (QED) is 0.925. The minimum Gasteiger partial charge on any atom is -0.466 e. The number of carbonyl (C=O) groups is 2. The topological polar surface area (TPSA) is 75.4 Å². The molecule has 2 aromatic rings. The number of carbonyl (C=O) groups excluding carboxylic acids is 2. The Morgan fingerprint density at radius 2 is 2.04 bits per heavy atom. The van der Waals surface area contributed by atoms with Crippen molar-refractivity contribution in [3.8, 4) is 11.3 Å². The van der Waals surface area contributed by atoms with E-state index in [9.17, 15) is 9.59 Å². The van der Waals surface area contributed by atoms with Crippen molar-refractivity contribution in [3.05, 3.63) is 23.0 Å². The van der Waals surface area contributed by atoms with Crippen molar-refractivity contribution >= 4 is 28.3 Å². The number of piperidine rings is 1. The first-order valence-electron chi connectivity index (χ1n) is 8.03. The largest absolute Gasteiger partial charge is 0.466 e. The molecule has 0 radical (unpaired) electrons. The average molecular weight is 347 g/mol. The van der Waals surface area contributed by atoms with Crippen molar-refractivity contribution < 1.29 is 14.0 Å². The van der Waals surface area contributed by atoms with Gasteiger partial charge in [-0.2, -0.15) is 0 Å². The maximum atomic E-state index is 12.4. The first-order chi connectivity index (χ1) is 11.4. The van der Waals surface area contributed by atoms with Crippen LogP contribution in [0, 0.1) is 19.8 Å². The minimum atomic E-state index is -0.0640. The third-order valence-electron chi connectivity index (χ3n) is 4.36. The molecule has 1 aliphatic heterocycles. The van der Waals surface area contributed by atoms with Crippen LogP contribution in [-0.2, 0) is 9.59 Å². The van der Waals surface area contributed by atoms with Crippen molar-refractivity contribution in [1.29, 1.82) is 0 Å². The standard InChI is InChI=1S/C17H21N3O3S/c1-10-8-14(11(2)23-10)15-9-24-17(18-15)19-16(22)13-4-6-20(7-5-13)12(3)21/h8-9,13H,4-7H2,1-3H3,(H,18,19,22). The molecular weight excluding hydrogens is 326 g/mol. The zero-order valence-electron chi connectivity index (χ0n) is 14.1. The van der Waals surface area contributed by atoms with Crippen LogP contribution in [0.1, 0.15) is 31.3 Å². The van der Waals surface area contributed by atoms with E-state index in [1.165, 1.54) is 11.3 Å². The molecular formula is C17H21N3O3S. The number of thiazole rings is 1. The fourth-order valence-corrected chi connectivity index (χ4v) is 3.72. The molecule has 7 heteroatoms. The van der Waals surface area contributed by atoms with Gasteiger partial charge in [0.2, 0.25) is 11.8 Å². The molecule has 0 aromatic carbocycles. The van der Waals surface area contributed by atoms with Crippen LogP contribution in [0.15, 0.2) is 15.9 Å². The summed E-state index contributed by atoms with van der Waals surface area (Å²) in [6, 6.07) is 1.95. The molecule has 3 rings (SSSR count). The third-order valence-corrected chi connectivity index (χ3v) is 5.12. The van der Waals surface area contributed by atoms with Crippen LogP contribution in [0.25, 0.3) is 11.3 Å². The monoisotopic (exact) mass is 347 g/mol. The van der Waals surface area contributed by atoms with Crippen LogP contribution in [0.3, 0.4) is 0 Å². The Bertz CT molecular complexity index is 757. The Morgan fingerprint density at radius 3 is 2.62 bits per heavy atom. The van der Waals surface area contributed by atoms with Crippen molar-refractivity contribution in [1.82, 2.24) is 9.88 Å². The number of anilines is 1. The summed E-state index contributed by atoms with van der Waals surface area (Å²) in [7, 11) is 0. The molecule has 2 aromatic heterocycles. The number of aryl methyl sites for hydroxylation is 2. The maximum Gasteiger partial charge on any atom is 0.229 e. The fraction of sp³-hybridized carbons (Fsp3) is 0.471. The van der Waals surface area contributed by atoms with Gasteiger partial charge in [0.15, 0.2) is 5.13 Å². The van der Waals surface area contributed by atoms with Crippen molar-refractivity contribution in [2.75, 3.05) is 18.4 Å². The Morgan fingerprint density at radius 1 is 1.33 bits per heavy atom. The van der Waals surface area contributed by atoms with Gasteiger partial charge in [0.1, 0.15) is 11.5 Å². The number of nitrogens with one attached hydrogen (secondary N) is 1. The van der Waals surface area contributed by atoms with Crippen LogP contribution in [0.2, 0.25) is 0 Å². The lowest BCUT2D eigenvalue weighted by Gasteiger charge is -2.30. The second kappa shape index (κ2) is 6.76. The molecule has 0 aliphatic carbocycles. The van der Waals surface area contributed by atoms with Gasteiger partial charge in [-0.25, -0.2) is 4.98 Å². The molecule has 128 valence electrons. The van der Waals surface area contributed by atoms with E-state index < -0.39 is 0 Å². The van der Waals surface area contributed by atoms with E-state index >= 15 is 0 Å². The van der Waals surface area contributed by atoms with Gasteiger partial charge in [-0.3, -0.25) is 9.59 Å². The summed E-state index contributed by atoms with van der Waals surface area (Å²) in [4.78, 5) is 30.0. The number of rotatable bonds is 3. The first-order valence-corrected chi connectivity index (χ1v) is 8.91. The molecule has 0 bridgehead atoms. The van der Waals surface area contributed by atoms with Crippen molar-refractivity contribution in [2.45, 2.75) is 33.6 Å². The van der Waals surface area contributed by atoms with Crippen molar-refractivity contribution in [2.24, 2.45) is 5.92 Å². The molecule has 6 nitrogen and oxygen atoms in total. The molecule has 1 fully saturated rings. The van der Waals surface area contributed by atoms with E-state index in [0.717, 1.165) is 22.8 Å². The maximum absolute atomic E-state index is 12.4. The summed E-state index contributed by atoms with van der Waals surface area (Å²) in [5.74, 6) is 1.67. The van der Waals surface area contributed by atoms with Crippen LogP contribution < -0.4 is 5.32 Å². The fourth-order valence-electron chi connectivity index (χ4n) is 3.00. The summed E-state index contributed by atoms with van der Waals surface area (Å²) < 4.78 is 5.53. The number of likely N-dealkylation sites (tertiary alicyclic amines) is 1. The predicted octanol–water partition coefficient (Wildman–Crippen LogP) is 3.22. The molecule has 1 N–H and O–H groups in total. The van der Waals surface area contributed by atoms with E-state index in [1.807, 2.05) is 25.3 Å². The Balaban J connectivity index is 1.62. The summed E-state index contributed by atoms with van der Waals surface area (Å²) in [5, 5.41) is 5.43. The highest BCUT2D eigenvalue weighted by atomic mass is 32.1. The second-order valence-corrected chi connectivity index (χ2v) is 6.99. The third kappa shape index (κ3) is 3.51. The van der Waals surface area contributed by atoms with Crippen LogP contribution >= 0.6 is 11.3 Å². The number of aromatic nitrogens is 1. The predicted molar refractivity (Wildman–Crippen MR) is 92.9 cm³/mol. The van der Waals surface area contributed by atoms with Gasteiger partial charge < -0.3 is 14.6 Å². The van der Waals surface area contributed by atoms with Gasteiger partial charge in [0.05, 0.1) is 5.69 Å². The number of hydrogen-bond donors (Lipinski definition) is 1. The van der Waals surface area contributed by atoms with Crippen LogP contribution in [-0.4, -0.2) is 34.8 Å². The SMILES string of the molecule is CC(=O)N1CCC(C(=O)Nc2nc(-c3cc(C)oc3C)cs2)CC1. The number of nitrogens with zero attached hydrogens (tertiary/aromatic N) is 2. The lowest BCUT2D eigenvalue weighted by Crippen LogP contribution is -2.40. The first kappa shape index (κ1) is 16.7. The summed E-state index contributed by atoms with van der Waals surface area (Å²) in [6.07, 6.45) is 1.40. The molecule has 0 spiro atoms. The number of furan rings is 1. The molecule has 2 amide bonds. The van der Waals surface area contributed by atoms with Gasteiger partial charge in [-0.1, -0.05) is 0 Å². The molecule has 0 saturated carbocycles. The Labute approximate surface area is 144 Å². The summed E-state index contributed by atoms with van der Waals surface area (Å²) >= 11 is 1.41. The van der Waals surface area contributed by atoms with Gasteiger partial charge >= 0.3 is 0 Å². The van der Waals surface area contributed by atoms with Crippen LogP contribution in [0.4, 0.5) is 5.13 Å². The van der Waals surface area contributed by atoms with E-state index in [-0.39, 0.29) is 17.7 Å². The van der Waals surface area contributed by atoms with Gasteiger partial charge in [-0.15, -0.1) is 11.3 Å². The average Bonchev–Trinajstić information content (AvgIpc) is 3.13. The second-order valence-electron chi connectivity index (χ2n) is 6.13. The molecule has 24 heavy (non-hydrogen) atoms. The number of amides is 2. The highest BCUT2D eigenvalue weighted by Gasteiger charge is 2.26.